The Hall–Kier alpha value is -2.32. The number of anilines is 1. The standard InChI is InChI=1S/C18H20FN3O3S/c1-13-6-7-15(10-17(13)19)21-18(23)14-4-3-9-22(12-14)26(24,25)16-5-2-8-20-11-16/h2,5-8,10-11,14H,3-4,9,12H2,1H3,(H,21,23). The van der Waals surface area contributed by atoms with Gasteiger partial charge in [-0.15, -0.1) is 0 Å². The number of rotatable bonds is 4. The van der Waals surface area contributed by atoms with Gasteiger partial charge >= 0.3 is 0 Å². The predicted octanol–water partition coefficient (Wildman–Crippen LogP) is 2.57. The van der Waals surface area contributed by atoms with Crippen LogP contribution < -0.4 is 5.32 Å². The predicted molar refractivity (Wildman–Crippen MR) is 95.5 cm³/mol. The fourth-order valence-electron chi connectivity index (χ4n) is 2.94. The van der Waals surface area contributed by atoms with E-state index in [1.807, 2.05) is 0 Å². The van der Waals surface area contributed by atoms with Crippen LogP contribution in [0.1, 0.15) is 18.4 Å². The van der Waals surface area contributed by atoms with Gasteiger partial charge in [0.15, 0.2) is 0 Å². The van der Waals surface area contributed by atoms with Crippen molar-refractivity contribution in [3.63, 3.8) is 0 Å². The van der Waals surface area contributed by atoms with E-state index in [9.17, 15) is 17.6 Å². The Kier molecular flexibility index (Phi) is 5.33. The Balaban J connectivity index is 1.71. The first-order chi connectivity index (χ1) is 12.4. The van der Waals surface area contributed by atoms with E-state index in [2.05, 4.69) is 10.3 Å². The van der Waals surface area contributed by atoms with E-state index in [0.29, 0.717) is 30.6 Å². The number of aryl methyl sites for hydroxylation is 1. The lowest BCUT2D eigenvalue weighted by Crippen LogP contribution is -2.43. The van der Waals surface area contributed by atoms with Gasteiger partial charge in [-0.1, -0.05) is 6.07 Å². The minimum Gasteiger partial charge on any atom is -0.326 e. The molecule has 0 aliphatic carbocycles. The van der Waals surface area contributed by atoms with Gasteiger partial charge in [0.25, 0.3) is 0 Å². The van der Waals surface area contributed by atoms with Gasteiger partial charge in [-0.05, 0) is 49.6 Å². The van der Waals surface area contributed by atoms with E-state index in [1.165, 1.54) is 28.8 Å². The summed E-state index contributed by atoms with van der Waals surface area (Å²) in [6, 6.07) is 7.53. The average molecular weight is 377 g/mol. The zero-order chi connectivity index (χ0) is 18.7. The molecule has 0 spiro atoms. The number of piperidine rings is 1. The van der Waals surface area contributed by atoms with Crippen LogP contribution in [0.2, 0.25) is 0 Å². The first kappa shape index (κ1) is 18.5. The lowest BCUT2D eigenvalue weighted by molar-refractivity contribution is -0.120. The fourth-order valence-corrected chi connectivity index (χ4v) is 4.43. The van der Waals surface area contributed by atoms with E-state index in [1.54, 1.807) is 25.1 Å². The summed E-state index contributed by atoms with van der Waals surface area (Å²) in [5.41, 5.74) is 0.861. The maximum absolute atomic E-state index is 13.6. The van der Waals surface area contributed by atoms with E-state index < -0.39 is 21.8 Å². The second kappa shape index (κ2) is 7.51. The summed E-state index contributed by atoms with van der Waals surface area (Å²) in [6.07, 6.45) is 3.97. The number of carbonyl (C=O) groups excluding carboxylic acids is 1. The van der Waals surface area contributed by atoms with Gasteiger partial charge in [0.1, 0.15) is 10.7 Å². The van der Waals surface area contributed by atoms with Crippen LogP contribution in [-0.2, 0) is 14.8 Å². The van der Waals surface area contributed by atoms with Crippen LogP contribution in [0.3, 0.4) is 0 Å². The maximum atomic E-state index is 13.6. The molecule has 1 unspecified atom stereocenters. The Morgan fingerprint density at radius 3 is 2.85 bits per heavy atom. The number of sulfonamides is 1. The van der Waals surface area contributed by atoms with Crippen molar-refractivity contribution in [1.29, 1.82) is 0 Å². The molecule has 6 nitrogen and oxygen atoms in total. The normalized spacial score (nSPS) is 18.5. The SMILES string of the molecule is Cc1ccc(NC(=O)C2CCCN(S(=O)(=O)c3cccnc3)C2)cc1F. The second-order valence-electron chi connectivity index (χ2n) is 6.34. The third kappa shape index (κ3) is 3.91. The Morgan fingerprint density at radius 2 is 2.15 bits per heavy atom. The highest BCUT2D eigenvalue weighted by Crippen LogP contribution is 2.24. The van der Waals surface area contributed by atoms with Gasteiger partial charge in [-0.3, -0.25) is 9.78 Å². The van der Waals surface area contributed by atoms with Gasteiger partial charge < -0.3 is 5.32 Å². The van der Waals surface area contributed by atoms with Crippen molar-refractivity contribution in [3.8, 4) is 0 Å². The molecule has 1 aromatic heterocycles. The molecular formula is C18H20FN3O3S. The Labute approximate surface area is 152 Å². The molecule has 26 heavy (non-hydrogen) atoms. The van der Waals surface area contributed by atoms with Crippen molar-refractivity contribution in [3.05, 3.63) is 54.1 Å². The molecule has 0 bridgehead atoms. The number of hydrogen-bond acceptors (Lipinski definition) is 4. The number of amides is 1. The smallest absolute Gasteiger partial charge is 0.244 e. The third-order valence-electron chi connectivity index (χ3n) is 4.47. The number of benzene rings is 1. The molecule has 1 atom stereocenters. The molecule has 1 saturated heterocycles. The number of hydrogen-bond donors (Lipinski definition) is 1. The van der Waals surface area contributed by atoms with Crippen molar-refractivity contribution in [1.82, 2.24) is 9.29 Å². The molecule has 2 aromatic rings. The second-order valence-corrected chi connectivity index (χ2v) is 8.28. The van der Waals surface area contributed by atoms with E-state index in [0.717, 1.165) is 0 Å². The molecular weight excluding hydrogens is 357 g/mol. The average Bonchev–Trinajstić information content (AvgIpc) is 2.65. The molecule has 1 aliphatic heterocycles. The summed E-state index contributed by atoms with van der Waals surface area (Å²) in [4.78, 5) is 16.5. The van der Waals surface area contributed by atoms with Crippen LogP contribution in [0, 0.1) is 18.7 Å². The number of carbonyl (C=O) groups is 1. The Morgan fingerprint density at radius 1 is 1.35 bits per heavy atom. The van der Waals surface area contributed by atoms with Crippen LogP contribution in [0.15, 0.2) is 47.6 Å². The molecule has 1 aromatic carbocycles. The number of nitrogens with zero attached hydrogens (tertiary/aromatic N) is 2. The molecule has 2 heterocycles. The maximum Gasteiger partial charge on any atom is 0.244 e. The lowest BCUT2D eigenvalue weighted by Gasteiger charge is -2.31. The molecule has 1 fully saturated rings. The van der Waals surface area contributed by atoms with E-state index in [-0.39, 0.29) is 17.3 Å². The molecule has 0 saturated carbocycles. The van der Waals surface area contributed by atoms with Crippen molar-refractivity contribution >= 4 is 21.6 Å². The topological polar surface area (TPSA) is 79.4 Å². The molecule has 1 amide bonds. The number of nitrogens with one attached hydrogen (secondary N) is 1. The monoisotopic (exact) mass is 377 g/mol. The summed E-state index contributed by atoms with van der Waals surface area (Å²) in [5.74, 6) is -1.19. The summed E-state index contributed by atoms with van der Waals surface area (Å²) >= 11 is 0. The van der Waals surface area contributed by atoms with Gasteiger partial charge in [-0.2, -0.15) is 4.31 Å². The first-order valence-electron chi connectivity index (χ1n) is 8.35. The molecule has 3 rings (SSSR count). The molecule has 1 N–H and O–H groups in total. The minimum absolute atomic E-state index is 0.0946. The Bertz CT molecular complexity index is 903. The van der Waals surface area contributed by atoms with Crippen molar-refractivity contribution in [2.24, 2.45) is 5.92 Å². The number of halogens is 1. The third-order valence-corrected chi connectivity index (χ3v) is 6.32. The molecule has 8 heteroatoms. The van der Waals surface area contributed by atoms with Gasteiger partial charge in [0, 0.05) is 31.2 Å². The van der Waals surface area contributed by atoms with E-state index >= 15 is 0 Å². The summed E-state index contributed by atoms with van der Waals surface area (Å²) < 4.78 is 40.3. The highest BCUT2D eigenvalue weighted by Gasteiger charge is 2.33. The van der Waals surface area contributed by atoms with Crippen molar-refractivity contribution in [2.45, 2.75) is 24.7 Å². The summed E-state index contributed by atoms with van der Waals surface area (Å²) in [5, 5.41) is 2.68. The molecule has 138 valence electrons. The van der Waals surface area contributed by atoms with Crippen molar-refractivity contribution < 1.29 is 17.6 Å². The zero-order valence-corrected chi connectivity index (χ0v) is 15.2. The summed E-state index contributed by atoms with van der Waals surface area (Å²) in [6.45, 7) is 2.10. The van der Waals surface area contributed by atoms with Crippen LogP contribution in [0.25, 0.3) is 0 Å². The zero-order valence-electron chi connectivity index (χ0n) is 14.4. The number of aromatic nitrogens is 1. The van der Waals surface area contributed by atoms with Crippen LogP contribution in [0.4, 0.5) is 10.1 Å². The molecule has 1 aliphatic rings. The summed E-state index contributed by atoms with van der Waals surface area (Å²) in [7, 11) is -3.68. The van der Waals surface area contributed by atoms with Crippen LogP contribution >= 0.6 is 0 Å². The van der Waals surface area contributed by atoms with Crippen LogP contribution in [0.5, 0.6) is 0 Å². The molecule has 0 radical (unpaired) electrons. The highest BCUT2D eigenvalue weighted by molar-refractivity contribution is 7.89. The largest absolute Gasteiger partial charge is 0.326 e. The van der Waals surface area contributed by atoms with Crippen LogP contribution in [-0.4, -0.2) is 36.7 Å². The fraction of sp³-hybridized carbons (Fsp3) is 0.333. The lowest BCUT2D eigenvalue weighted by atomic mass is 9.98. The first-order valence-corrected chi connectivity index (χ1v) is 9.79. The number of pyridine rings is 1. The van der Waals surface area contributed by atoms with Gasteiger partial charge in [-0.25, -0.2) is 12.8 Å². The quantitative estimate of drug-likeness (QED) is 0.888. The highest BCUT2D eigenvalue weighted by atomic mass is 32.2. The van der Waals surface area contributed by atoms with Gasteiger partial charge in [0.2, 0.25) is 15.9 Å². The minimum atomic E-state index is -3.68. The van der Waals surface area contributed by atoms with Gasteiger partial charge in [0.05, 0.1) is 5.92 Å². The van der Waals surface area contributed by atoms with E-state index in [4.69, 9.17) is 0 Å². The van der Waals surface area contributed by atoms with Crippen molar-refractivity contribution in [2.75, 3.05) is 18.4 Å².